The molecule has 0 saturated heterocycles. The van der Waals surface area contributed by atoms with Crippen LogP contribution in [0.25, 0.3) is 22.4 Å². The minimum atomic E-state index is -4.56. The van der Waals surface area contributed by atoms with Crippen molar-refractivity contribution >= 4 is 23.1 Å². The Kier molecular flexibility index (Phi) is 6.83. The van der Waals surface area contributed by atoms with Crippen molar-refractivity contribution in [2.45, 2.75) is 26.6 Å². The molecular formula is C25H20F3N3O3S. The van der Waals surface area contributed by atoms with Crippen LogP contribution in [0.15, 0.2) is 60.2 Å². The Morgan fingerprint density at radius 2 is 1.83 bits per heavy atom. The molecule has 0 aliphatic carbocycles. The Hall–Kier alpha value is -3.79. The van der Waals surface area contributed by atoms with Crippen LogP contribution in [0, 0.1) is 0 Å². The van der Waals surface area contributed by atoms with Crippen LogP contribution in [0.3, 0.4) is 0 Å². The molecule has 6 nitrogen and oxygen atoms in total. The van der Waals surface area contributed by atoms with E-state index in [9.17, 15) is 22.8 Å². The molecule has 0 bridgehead atoms. The number of alkyl halides is 3. The number of Topliss-reactive ketones (excluding diaryl/α,β-unsaturated/α-hetero) is 1. The molecule has 0 saturated carbocycles. The van der Waals surface area contributed by atoms with E-state index < -0.39 is 17.7 Å². The molecule has 10 heteroatoms. The Bertz CT molecular complexity index is 1390. The molecule has 0 aliphatic heterocycles. The number of halogens is 3. The normalized spacial score (nSPS) is 11.5. The zero-order valence-corrected chi connectivity index (χ0v) is 19.6. The number of thiazole rings is 1. The second kappa shape index (κ2) is 9.83. The van der Waals surface area contributed by atoms with Gasteiger partial charge in [0, 0.05) is 22.7 Å². The quantitative estimate of drug-likeness (QED) is 0.226. The number of hydrogen-bond donors (Lipinski definition) is 0. The summed E-state index contributed by atoms with van der Waals surface area (Å²) in [6, 6.07) is 10.3. The predicted molar refractivity (Wildman–Crippen MR) is 125 cm³/mol. The van der Waals surface area contributed by atoms with Gasteiger partial charge in [0.1, 0.15) is 5.01 Å². The number of ketones is 1. The minimum Gasteiger partial charge on any atom is -0.462 e. The Balaban J connectivity index is 1.66. The summed E-state index contributed by atoms with van der Waals surface area (Å²) in [4.78, 5) is 28.1. The Morgan fingerprint density at radius 3 is 2.54 bits per heavy atom. The highest BCUT2D eigenvalue weighted by molar-refractivity contribution is 7.09. The fraction of sp³-hybridized carbons (Fsp3) is 0.200. The smallest absolute Gasteiger partial charge is 0.416 e. The molecule has 0 unspecified atom stereocenters. The third kappa shape index (κ3) is 5.65. The van der Waals surface area contributed by atoms with E-state index >= 15 is 0 Å². The summed E-state index contributed by atoms with van der Waals surface area (Å²) < 4.78 is 47.5. The Morgan fingerprint density at radius 1 is 1.06 bits per heavy atom. The maximum absolute atomic E-state index is 13.7. The lowest BCUT2D eigenvalue weighted by Gasteiger charge is -2.12. The molecule has 0 N–H and O–H groups in total. The van der Waals surface area contributed by atoms with Gasteiger partial charge in [0.2, 0.25) is 0 Å². The number of esters is 1. The lowest BCUT2D eigenvalue weighted by molar-refractivity contribution is -0.137. The molecular weight excluding hydrogens is 479 g/mol. The van der Waals surface area contributed by atoms with Gasteiger partial charge in [-0.25, -0.2) is 9.78 Å². The second-order valence-corrected chi connectivity index (χ2v) is 8.65. The van der Waals surface area contributed by atoms with Crippen molar-refractivity contribution in [3.63, 3.8) is 0 Å². The molecule has 0 aliphatic rings. The largest absolute Gasteiger partial charge is 0.462 e. The van der Waals surface area contributed by atoms with Crippen LogP contribution < -0.4 is 0 Å². The van der Waals surface area contributed by atoms with Crippen LogP contribution in [-0.4, -0.2) is 33.1 Å². The van der Waals surface area contributed by atoms with Crippen molar-refractivity contribution in [1.82, 2.24) is 14.8 Å². The average molecular weight is 500 g/mol. The van der Waals surface area contributed by atoms with Gasteiger partial charge in [-0.15, -0.1) is 11.3 Å². The lowest BCUT2D eigenvalue weighted by Crippen LogP contribution is -2.05. The van der Waals surface area contributed by atoms with Crippen LogP contribution in [0.4, 0.5) is 13.2 Å². The molecule has 2 heterocycles. The maximum atomic E-state index is 13.7. The van der Waals surface area contributed by atoms with Crippen molar-refractivity contribution in [3.8, 4) is 22.4 Å². The van der Waals surface area contributed by atoms with E-state index in [4.69, 9.17) is 4.74 Å². The van der Waals surface area contributed by atoms with Crippen molar-refractivity contribution < 1.29 is 27.5 Å². The number of carbonyl (C=O) groups is 2. The average Bonchev–Trinajstić information content (AvgIpc) is 3.49. The Labute approximate surface area is 203 Å². The molecule has 2 aromatic heterocycles. The number of nitrogens with zero attached hydrogens (tertiary/aromatic N) is 3. The minimum absolute atomic E-state index is 0.173. The van der Waals surface area contributed by atoms with Crippen LogP contribution in [0.1, 0.15) is 45.1 Å². The maximum Gasteiger partial charge on any atom is 0.416 e. The zero-order valence-electron chi connectivity index (χ0n) is 18.8. The van der Waals surface area contributed by atoms with Crippen LogP contribution in [0.2, 0.25) is 0 Å². The van der Waals surface area contributed by atoms with Gasteiger partial charge in [-0.2, -0.15) is 18.3 Å². The fourth-order valence-electron chi connectivity index (χ4n) is 3.45. The summed E-state index contributed by atoms with van der Waals surface area (Å²) in [5.74, 6) is -0.656. The van der Waals surface area contributed by atoms with Crippen molar-refractivity contribution in [1.29, 1.82) is 0 Å². The summed E-state index contributed by atoms with van der Waals surface area (Å²) in [6.45, 7) is 3.61. The molecule has 0 amide bonds. The highest BCUT2D eigenvalue weighted by Crippen LogP contribution is 2.37. The van der Waals surface area contributed by atoms with Gasteiger partial charge in [-0.05, 0) is 49.2 Å². The summed E-state index contributed by atoms with van der Waals surface area (Å²) >= 11 is 1.27. The van der Waals surface area contributed by atoms with Crippen LogP contribution in [-0.2, 0) is 17.5 Å². The zero-order chi connectivity index (χ0) is 25.2. The molecule has 4 aromatic rings. The summed E-state index contributed by atoms with van der Waals surface area (Å²) in [5, 5.41) is 6.41. The number of rotatable bonds is 7. The number of ether oxygens (including phenoxy) is 1. The van der Waals surface area contributed by atoms with E-state index in [1.807, 2.05) is 0 Å². The summed E-state index contributed by atoms with van der Waals surface area (Å²) in [6.07, 6.45) is -1.63. The summed E-state index contributed by atoms with van der Waals surface area (Å²) in [7, 11) is 0. The fourth-order valence-corrected chi connectivity index (χ4v) is 4.24. The molecule has 0 spiro atoms. The van der Waals surface area contributed by atoms with Gasteiger partial charge in [0.25, 0.3) is 0 Å². The predicted octanol–water partition coefficient (Wildman–Crippen LogP) is 6.12. The number of carbonyl (C=O) groups excluding carboxylic acids is 2. The van der Waals surface area contributed by atoms with E-state index in [1.54, 1.807) is 42.6 Å². The first-order valence-electron chi connectivity index (χ1n) is 10.6. The molecule has 35 heavy (non-hydrogen) atoms. The summed E-state index contributed by atoms with van der Waals surface area (Å²) in [5.41, 5.74) is 1.44. The molecule has 4 rings (SSSR count). The molecule has 180 valence electrons. The second-order valence-electron chi connectivity index (χ2n) is 7.71. The third-order valence-electron chi connectivity index (χ3n) is 5.15. The van der Waals surface area contributed by atoms with Gasteiger partial charge in [0.15, 0.2) is 5.78 Å². The standard InChI is InChI=1S/C25H20F3N3O3S/c1-3-34-24(33)20-11-29-31(12-20)13-23-30-22(14-35-23)19-8-18(9-21(10-19)25(26,27)28)17-6-4-5-16(7-17)15(2)32/h4-12,14H,3,13H2,1-2H3. The van der Waals surface area contributed by atoms with Gasteiger partial charge in [-0.1, -0.05) is 18.2 Å². The molecule has 0 atom stereocenters. The molecule has 0 fully saturated rings. The monoisotopic (exact) mass is 499 g/mol. The SMILES string of the molecule is CCOC(=O)c1cnn(Cc2nc(-c3cc(-c4cccc(C(C)=O)c4)cc(C(F)(F)F)c3)cs2)c1. The van der Waals surface area contributed by atoms with Gasteiger partial charge in [-0.3, -0.25) is 9.48 Å². The third-order valence-corrected chi connectivity index (χ3v) is 5.99. The lowest BCUT2D eigenvalue weighted by atomic mass is 9.96. The van der Waals surface area contributed by atoms with Gasteiger partial charge in [0.05, 0.1) is 36.2 Å². The van der Waals surface area contributed by atoms with Gasteiger partial charge < -0.3 is 4.74 Å². The van der Waals surface area contributed by atoms with Crippen molar-refractivity contribution in [2.75, 3.05) is 6.61 Å². The highest BCUT2D eigenvalue weighted by Gasteiger charge is 2.31. The topological polar surface area (TPSA) is 74.1 Å². The van der Waals surface area contributed by atoms with E-state index in [0.29, 0.717) is 38.5 Å². The molecule has 0 radical (unpaired) electrons. The number of benzene rings is 2. The molecule has 2 aromatic carbocycles. The van der Waals surface area contributed by atoms with Crippen LogP contribution >= 0.6 is 11.3 Å². The first-order chi connectivity index (χ1) is 16.6. The van der Waals surface area contributed by atoms with E-state index in [0.717, 1.165) is 12.1 Å². The van der Waals surface area contributed by atoms with E-state index in [-0.39, 0.29) is 18.9 Å². The first-order valence-corrected chi connectivity index (χ1v) is 11.5. The van der Waals surface area contributed by atoms with Crippen molar-refractivity contribution in [3.05, 3.63) is 81.9 Å². The highest BCUT2D eigenvalue weighted by atomic mass is 32.1. The van der Waals surface area contributed by atoms with Crippen LogP contribution in [0.5, 0.6) is 0 Å². The van der Waals surface area contributed by atoms with Crippen molar-refractivity contribution in [2.24, 2.45) is 0 Å². The van der Waals surface area contributed by atoms with E-state index in [2.05, 4.69) is 10.1 Å². The first kappa shape index (κ1) is 24.3. The van der Waals surface area contributed by atoms with Gasteiger partial charge >= 0.3 is 12.1 Å². The number of hydrogen-bond acceptors (Lipinski definition) is 6. The number of aromatic nitrogens is 3. The van der Waals surface area contributed by atoms with E-state index in [1.165, 1.54) is 35.3 Å².